The van der Waals surface area contributed by atoms with Crippen LogP contribution >= 0.6 is 0 Å². The molecule has 1 unspecified atom stereocenters. The average Bonchev–Trinajstić information content (AvgIpc) is 2.97. The zero-order valence-electron chi connectivity index (χ0n) is 22.6. The van der Waals surface area contributed by atoms with Crippen molar-refractivity contribution in [3.8, 4) is 11.5 Å². The second-order valence-corrected chi connectivity index (χ2v) is 11.2. The maximum absolute atomic E-state index is 13.5. The fraction of sp³-hybridized carbons (Fsp3) is 0.515. The topological polar surface area (TPSA) is 62.7 Å². The monoisotopic (exact) mass is 514 g/mol. The number of rotatable bonds is 10. The summed E-state index contributed by atoms with van der Waals surface area (Å²) in [5.74, 6) is 2.73. The Morgan fingerprint density at radius 3 is 2.39 bits per heavy atom. The predicted octanol–water partition coefficient (Wildman–Crippen LogP) is 7.62. The van der Waals surface area contributed by atoms with Crippen LogP contribution in [0.15, 0.2) is 60.8 Å². The molecule has 1 atom stereocenters. The first kappa shape index (κ1) is 26.7. The SMILES string of the molecule is O=C(CCC(c1cnc2ccc(Oc3ccccc3)cc2c1)C1CCCCC1)N(CCO)C1CCCCC1. The van der Waals surface area contributed by atoms with Crippen molar-refractivity contribution in [3.05, 3.63) is 66.4 Å². The molecule has 2 aromatic carbocycles. The number of carbonyl (C=O) groups excluding carboxylic acids is 1. The predicted molar refractivity (Wildman–Crippen MR) is 152 cm³/mol. The Balaban J connectivity index is 1.35. The number of hydrogen-bond donors (Lipinski definition) is 1. The van der Waals surface area contributed by atoms with Gasteiger partial charge in [-0.1, -0.05) is 56.7 Å². The van der Waals surface area contributed by atoms with E-state index in [2.05, 4.69) is 12.1 Å². The van der Waals surface area contributed by atoms with Crippen molar-refractivity contribution < 1.29 is 14.6 Å². The number of amides is 1. The van der Waals surface area contributed by atoms with Crippen molar-refractivity contribution in [3.63, 3.8) is 0 Å². The zero-order valence-corrected chi connectivity index (χ0v) is 22.6. The number of nitrogens with zero attached hydrogens (tertiary/aromatic N) is 2. The van der Waals surface area contributed by atoms with E-state index in [9.17, 15) is 9.90 Å². The minimum atomic E-state index is 0.0380. The van der Waals surface area contributed by atoms with Gasteiger partial charge in [-0.2, -0.15) is 0 Å². The van der Waals surface area contributed by atoms with E-state index < -0.39 is 0 Å². The molecule has 5 heteroatoms. The molecule has 1 aromatic heterocycles. The second kappa shape index (κ2) is 13.2. The molecule has 5 nitrogen and oxygen atoms in total. The first-order chi connectivity index (χ1) is 18.7. The molecule has 1 N–H and O–H groups in total. The Morgan fingerprint density at radius 1 is 0.921 bits per heavy atom. The lowest BCUT2D eigenvalue weighted by Crippen LogP contribution is -2.43. The Morgan fingerprint density at radius 2 is 1.66 bits per heavy atom. The molecule has 202 valence electrons. The summed E-state index contributed by atoms with van der Waals surface area (Å²) in [6, 6.07) is 18.5. The standard InChI is InChI=1S/C33H42N2O3/c36-21-20-35(28-12-6-2-7-13-28)33(37)19-17-31(25-10-4-1-5-11-25)27-22-26-23-30(16-18-32(26)34-24-27)38-29-14-8-3-9-15-29/h3,8-9,14-16,18,22-25,28,31,36H,1-2,4-7,10-13,17,19-21H2. The van der Waals surface area contributed by atoms with Crippen LogP contribution in [0.1, 0.15) is 88.5 Å². The minimum Gasteiger partial charge on any atom is -0.457 e. The maximum Gasteiger partial charge on any atom is 0.222 e. The number of ether oxygens (including phenoxy) is 1. The van der Waals surface area contributed by atoms with Crippen LogP contribution in [-0.4, -0.2) is 40.1 Å². The van der Waals surface area contributed by atoms with Gasteiger partial charge in [-0.15, -0.1) is 0 Å². The summed E-state index contributed by atoms with van der Waals surface area (Å²) in [6.45, 7) is 0.496. The number of para-hydroxylation sites is 1. The van der Waals surface area contributed by atoms with Gasteiger partial charge in [0.15, 0.2) is 0 Å². The van der Waals surface area contributed by atoms with Crippen LogP contribution in [0.4, 0.5) is 0 Å². The third kappa shape index (κ3) is 6.74. The van der Waals surface area contributed by atoms with Gasteiger partial charge < -0.3 is 14.7 Å². The van der Waals surface area contributed by atoms with Crippen molar-refractivity contribution >= 4 is 16.8 Å². The first-order valence-corrected chi connectivity index (χ1v) is 14.7. The molecule has 2 fully saturated rings. The largest absolute Gasteiger partial charge is 0.457 e. The summed E-state index contributed by atoms with van der Waals surface area (Å²) in [6.07, 6.45) is 15.5. The van der Waals surface area contributed by atoms with Crippen LogP contribution in [0.2, 0.25) is 0 Å². The molecular weight excluding hydrogens is 472 g/mol. The van der Waals surface area contributed by atoms with Crippen LogP contribution in [0.3, 0.4) is 0 Å². The number of hydrogen-bond acceptors (Lipinski definition) is 4. The molecule has 38 heavy (non-hydrogen) atoms. The molecule has 1 heterocycles. The van der Waals surface area contributed by atoms with Gasteiger partial charge in [0.05, 0.1) is 12.1 Å². The lowest BCUT2D eigenvalue weighted by atomic mass is 9.75. The van der Waals surface area contributed by atoms with Crippen LogP contribution in [0, 0.1) is 5.92 Å². The minimum absolute atomic E-state index is 0.0380. The van der Waals surface area contributed by atoms with Crippen molar-refractivity contribution in [1.29, 1.82) is 0 Å². The fourth-order valence-corrected chi connectivity index (χ4v) is 6.66. The highest BCUT2D eigenvalue weighted by molar-refractivity contribution is 5.81. The van der Waals surface area contributed by atoms with E-state index in [0.717, 1.165) is 41.7 Å². The van der Waals surface area contributed by atoms with Gasteiger partial charge >= 0.3 is 0 Å². The summed E-state index contributed by atoms with van der Waals surface area (Å²) in [4.78, 5) is 20.3. The van der Waals surface area contributed by atoms with Gasteiger partial charge in [-0.05, 0) is 85.9 Å². The van der Waals surface area contributed by atoms with Crippen molar-refractivity contribution in [2.24, 2.45) is 5.92 Å². The normalized spacial score (nSPS) is 17.8. The molecule has 1 amide bonds. The number of aliphatic hydroxyl groups excluding tert-OH is 1. The first-order valence-electron chi connectivity index (χ1n) is 14.7. The highest BCUT2D eigenvalue weighted by atomic mass is 16.5. The molecule has 2 saturated carbocycles. The highest BCUT2D eigenvalue weighted by Gasteiger charge is 2.29. The number of carbonyl (C=O) groups is 1. The lowest BCUT2D eigenvalue weighted by Gasteiger charge is -2.35. The molecule has 5 rings (SSSR count). The number of fused-ring (bicyclic) bond motifs is 1. The van der Waals surface area contributed by atoms with Crippen molar-refractivity contribution in [2.75, 3.05) is 13.2 Å². The van der Waals surface area contributed by atoms with Gasteiger partial charge in [-0.25, -0.2) is 0 Å². The van der Waals surface area contributed by atoms with Gasteiger partial charge in [0.2, 0.25) is 5.91 Å². The third-order valence-corrected chi connectivity index (χ3v) is 8.65. The van der Waals surface area contributed by atoms with Crippen LogP contribution in [0.5, 0.6) is 11.5 Å². The summed E-state index contributed by atoms with van der Waals surface area (Å²) < 4.78 is 6.09. The molecule has 0 saturated heterocycles. The Kier molecular flexibility index (Phi) is 9.29. The lowest BCUT2D eigenvalue weighted by molar-refractivity contribution is -0.135. The smallest absolute Gasteiger partial charge is 0.222 e. The average molecular weight is 515 g/mol. The van der Waals surface area contributed by atoms with E-state index in [1.807, 2.05) is 53.6 Å². The number of benzene rings is 2. The van der Waals surface area contributed by atoms with Crippen LogP contribution in [0.25, 0.3) is 10.9 Å². The molecule has 0 spiro atoms. The van der Waals surface area contributed by atoms with Crippen molar-refractivity contribution in [1.82, 2.24) is 9.88 Å². The number of pyridine rings is 1. The van der Waals surface area contributed by atoms with E-state index in [1.54, 1.807) is 0 Å². The molecule has 0 radical (unpaired) electrons. The number of aromatic nitrogens is 1. The van der Waals surface area contributed by atoms with Gasteiger partial charge in [-0.3, -0.25) is 9.78 Å². The van der Waals surface area contributed by atoms with E-state index in [-0.39, 0.29) is 12.5 Å². The van der Waals surface area contributed by atoms with Gasteiger partial charge in [0.25, 0.3) is 0 Å². The number of aliphatic hydroxyl groups is 1. The van der Waals surface area contributed by atoms with E-state index in [4.69, 9.17) is 9.72 Å². The molecule has 2 aliphatic rings. The molecule has 0 bridgehead atoms. The summed E-state index contributed by atoms with van der Waals surface area (Å²) in [5.41, 5.74) is 2.19. The van der Waals surface area contributed by atoms with Gasteiger partial charge in [0.1, 0.15) is 11.5 Å². The molecular formula is C33H42N2O3. The summed E-state index contributed by atoms with van der Waals surface area (Å²) >= 11 is 0. The van der Waals surface area contributed by atoms with E-state index in [1.165, 1.54) is 56.9 Å². The van der Waals surface area contributed by atoms with E-state index in [0.29, 0.717) is 30.8 Å². The summed E-state index contributed by atoms with van der Waals surface area (Å²) in [5, 5.41) is 10.8. The Bertz CT molecular complexity index is 1170. The van der Waals surface area contributed by atoms with Crippen LogP contribution in [-0.2, 0) is 4.79 Å². The second-order valence-electron chi connectivity index (χ2n) is 11.2. The van der Waals surface area contributed by atoms with E-state index >= 15 is 0 Å². The molecule has 0 aliphatic heterocycles. The van der Waals surface area contributed by atoms with Gasteiger partial charge in [0, 0.05) is 30.6 Å². The van der Waals surface area contributed by atoms with Crippen LogP contribution < -0.4 is 4.74 Å². The molecule has 2 aliphatic carbocycles. The quantitative estimate of drug-likeness (QED) is 0.302. The Labute approximate surface area is 227 Å². The Hall–Kier alpha value is -2.92. The highest BCUT2D eigenvalue weighted by Crippen LogP contribution is 2.40. The summed E-state index contributed by atoms with van der Waals surface area (Å²) in [7, 11) is 0. The molecule has 3 aromatic rings. The third-order valence-electron chi connectivity index (χ3n) is 8.65. The van der Waals surface area contributed by atoms with Crippen molar-refractivity contribution in [2.45, 2.75) is 89.0 Å². The fourth-order valence-electron chi connectivity index (χ4n) is 6.66. The maximum atomic E-state index is 13.5. The zero-order chi connectivity index (χ0) is 26.2.